The summed E-state index contributed by atoms with van der Waals surface area (Å²) in [4.78, 5) is 17.8. The lowest BCUT2D eigenvalue weighted by molar-refractivity contribution is -0.192. The Labute approximate surface area is 240 Å². The van der Waals surface area contributed by atoms with Crippen LogP contribution in [0, 0.1) is 11.6 Å². The molecule has 5 aromatic rings. The number of aliphatic carboxylic acids is 1. The zero-order chi connectivity index (χ0) is 30.7. The van der Waals surface area contributed by atoms with Crippen LogP contribution < -0.4 is 16.4 Å². The number of nitrogens with zero attached hydrogens (tertiary/aromatic N) is 4. The summed E-state index contributed by atoms with van der Waals surface area (Å²) < 4.78 is 66.8. The lowest BCUT2D eigenvalue weighted by Gasteiger charge is -2.22. The van der Waals surface area contributed by atoms with E-state index >= 15 is 0 Å². The minimum Gasteiger partial charge on any atom is -0.475 e. The van der Waals surface area contributed by atoms with Crippen molar-refractivity contribution in [1.29, 1.82) is 0 Å². The Balaban J connectivity index is 0.000000472. The molecule has 1 fully saturated rings. The number of halogens is 5. The molecule has 0 spiro atoms. The molecule has 0 bridgehead atoms. The molecule has 3 aromatic heterocycles. The summed E-state index contributed by atoms with van der Waals surface area (Å²) in [6, 6.07) is 10.7. The molecular weight excluding hydrogens is 577 g/mol. The van der Waals surface area contributed by atoms with Crippen LogP contribution in [0.3, 0.4) is 0 Å². The first-order valence-electron chi connectivity index (χ1n) is 12.9. The van der Waals surface area contributed by atoms with E-state index in [4.69, 9.17) is 20.1 Å². The number of nitrogen functional groups attached to an aromatic ring is 1. The van der Waals surface area contributed by atoms with Gasteiger partial charge in [0.25, 0.3) is 0 Å². The molecule has 1 saturated heterocycles. The van der Waals surface area contributed by atoms with Crippen molar-refractivity contribution < 1.29 is 36.3 Å². The smallest absolute Gasteiger partial charge is 0.475 e. The first kappa shape index (κ1) is 29.4. The fourth-order valence-corrected chi connectivity index (χ4v) is 4.47. The molecule has 0 unspecified atom stereocenters. The van der Waals surface area contributed by atoms with Crippen LogP contribution in [0.25, 0.3) is 33.7 Å². The summed E-state index contributed by atoms with van der Waals surface area (Å²) in [5, 5.41) is 18.0. The van der Waals surface area contributed by atoms with Crippen molar-refractivity contribution in [2.75, 3.05) is 24.1 Å². The second kappa shape index (κ2) is 12.1. The zero-order valence-corrected chi connectivity index (χ0v) is 22.2. The number of benzene rings is 2. The molecule has 2 aromatic carbocycles. The predicted molar refractivity (Wildman–Crippen MR) is 147 cm³/mol. The Bertz CT molecular complexity index is 1740. The normalized spacial score (nSPS) is 13.9. The summed E-state index contributed by atoms with van der Waals surface area (Å²) >= 11 is 0. The molecule has 224 valence electrons. The largest absolute Gasteiger partial charge is 0.490 e. The molecule has 1 aliphatic rings. The number of piperidine rings is 1. The van der Waals surface area contributed by atoms with Gasteiger partial charge in [-0.2, -0.15) is 18.3 Å². The number of oxazole rings is 1. The number of nitrogens with two attached hydrogens (primary N) is 1. The molecular formula is C28H24F5N7O3. The number of nitrogens with one attached hydrogen (secondary N) is 2. The van der Waals surface area contributed by atoms with Gasteiger partial charge >= 0.3 is 12.1 Å². The van der Waals surface area contributed by atoms with E-state index < -0.39 is 23.8 Å². The standard InChI is InChI=1S/C26H23F2N7O.C2HF3O2/c27-17-8-18(28)10-20(9-17)33-19-1-2-23-24(11-19)36-26(34-23)22-7-15(12-31-25(22)29)16-13-32-35(14-16)21-3-5-30-6-4-21;3-2(4,5)1(6)7/h1-2,7-14,21,30,33H,3-6H2,(H2,29,31);(H,6,7). The number of carbonyl (C=O) groups is 1. The number of aromatic nitrogens is 4. The van der Waals surface area contributed by atoms with E-state index in [2.05, 4.69) is 25.7 Å². The highest BCUT2D eigenvalue weighted by atomic mass is 19.4. The van der Waals surface area contributed by atoms with Crippen LogP contribution in [-0.2, 0) is 4.79 Å². The summed E-state index contributed by atoms with van der Waals surface area (Å²) in [5.41, 5.74) is 10.5. The SMILES string of the molecule is Nc1ncc(-c2cnn(C3CCNCC3)c2)cc1-c1nc2ccc(Nc3cc(F)cc(F)c3)cc2o1.O=C(O)C(F)(F)F. The van der Waals surface area contributed by atoms with E-state index in [1.54, 1.807) is 24.4 Å². The Kier molecular flexibility index (Phi) is 8.25. The fraction of sp³-hybridized carbons (Fsp3) is 0.214. The Morgan fingerprint density at radius 1 is 1.02 bits per heavy atom. The van der Waals surface area contributed by atoms with Gasteiger partial charge in [-0.25, -0.2) is 23.5 Å². The minimum absolute atomic E-state index is 0.290. The topological polar surface area (TPSA) is 144 Å². The van der Waals surface area contributed by atoms with Gasteiger partial charge in [-0.05, 0) is 56.3 Å². The number of alkyl halides is 3. The van der Waals surface area contributed by atoms with Crippen LogP contribution in [0.4, 0.5) is 39.1 Å². The van der Waals surface area contributed by atoms with E-state index in [9.17, 15) is 22.0 Å². The first-order valence-corrected chi connectivity index (χ1v) is 12.9. The zero-order valence-electron chi connectivity index (χ0n) is 22.2. The molecule has 1 aliphatic heterocycles. The van der Waals surface area contributed by atoms with Crippen LogP contribution in [0.15, 0.2) is 65.5 Å². The summed E-state index contributed by atoms with van der Waals surface area (Å²) in [6.45, 7) is 1.98. The van der Waals surface area contributed by atoms with Crippen molar-refractivity contribution >= 4 is 34.3 Å². The Morgan fingerprint density at radius 2 is 1.72 bits per heavy atom. The molecule has 10 nitrogen and oxygen atoms in total. The van der Waals surface area contributed by atoms with Gasteiger partial charge in [0.1, 0.15) is 23.0 Å². The quantitative estimate of drug-likeness (QED) is 0.181. The van der Waals surface area contributed by atoms with Crippen molar-refractivity contribution in [3.8, 4) is 22.6 Å². The summed E-state index contributed by atoms with van der Waals surface area (Å²) in [6.07, 6.45) is 2.58. The molecule has 0 atom stereocenters. The maximum atomic E-state index is 13.5. The number of fused-ring (bicyclic) bond motifs is 1. The third-order valence-electron chi connectivity index (χ3n) is 6.55. The average Bonchev–Trinajstić information content (AvgIpc) is 3.61. The molecule has 43 heavy (non-hydrogen) atoms. The Hall–Kier alpha value is -5.05. The number of hydrogen-bond donors (Lipinski definition) is 4. The van der Waals surface area contributed by atoms with Crippen molar-refractivity contribution in [2.45, 2.75) is 25.1 Å². The van der Waals surface area contributed by atoms with Gasteiger partial charge < -0.3 is 25.9 Å². The van der Waals surface area contributed by atoms with Crippen LogP contribution >= 0.6 is 0 Å². The minimum atomic E-state index is -5.08. The van der Waals surface area contributed by atoms with Crippen LogP contribution in [0.1, 0.15) is 18.9 Å². The Morgan fingerprint density at radius 3 is 2.40 bits per heavy atom. The van der Waals surface area contributed by atoms with Crippen molar-refractivity contribution in [2.24, 2.45) is 0 Å². The number of pyridine rings is 1. The van der Waals surface area contributed by atoms with Gasteiger partial charge in [-0.1, -0.05) is 0 Å². The lowest BCUT2D eigenvalue weighted by atomic mass is 10.1. The number of carboxylic acids is 1. The number of carboxylic acid groups (broad SMARTS) is 1. The lowest BCUT2D eigenvalue weighted by Crippen LogP contribution is -2.29. The van der Waals surface area contributed by atoms with Gasteiger partial charge in [-0.3, -0.25) is 4.68 Å². The van der Waals surface area contributed by atoms with Crippen molar-refractivity contribution in [3.05, 3.63) is 72.7 Å². The van der Waals surface area contributed by atoms with E-state index in [0.717, 1.165) is 43.1 Å². The van der Waals surface area contributed by atoms with E-state index in [1.165, 1.54) is 12.1 Å². The molecule has 4 heterocycles. The molecule has 0 aliphatic carbocycles. The number of rotatable bonds is 5. The van der Waals surface area contributed by atoms with Crippen LogP contribution in [-0.4, -0.2) is 50.1 Å². The third kappa shape index (κ3) is 7.06. The van der Waals surface area contributed by atoms with Crippen molar-refractivity contribution in [1.82, 2.24) is 25.1 Å². The number of anilines is 3. The number of hydrogen-bond acceptors (Lipinski definition) is 8. The van der Waals surface area contributed by atoms with Crippen molar-refractivity contribution in [3.63, 3.8) is 0 Å². The molecule has 15 heteroatoms. The van der Waals surface area contributed by atoms with Gasteiger partial charge in [0, 0.05) is 47.0 Å². The highest BCUT2D eigenvalue weighted by molar-refractivity contribution is 5.83. The second-order valence-electron chi connectivity index (χ2n) is 9.63. The third-order valence-corrected chi connectivity index (χ3v) is 6.55. The second-order valence-corrected chi connectivity index (χ2v) is 9.63. The molecule has 0 radical (unpaired) electrons. The summed E-state index contributed by atoms with van der Waals surface area (Å²) in [7, 11) is 0. The van der Waals surface area contributed by atoms with Gasteiger partial charge in [0.05, 0.1) is 17.8 Å². The van der Waals surface area contributed by atoms with Crippen LogP contribution in [0.5, 0.6) is 0 Å². The first-order chi connectivity index (χ1) is 20.5. The fourth-order valence-electron chi connectivity index (χ4n) is 4.47. The van der Waals surface area contributed by atoms with Gasteiger partial charge in [-0.15, -0.1) is 0 Å². The monoisotopic (exact) mass is 601 g/mol. The van der Waals surface area contributed by atoms with E-state index in [1.807, 2.05) is 23.1 Å². The van der Waals surface area contributed by atoms with Gasteiger partial charge in [0.15, 0.2) is 5.58 Å². The molecule has 6 rings (SSSR count). The maximum absolute atomic E-state index is 13.5. The summed E-state index contributed by atoms with van der Waals surface area (Å²) in [5.74, 6) is -3.46. The maximum Gasteiger partial charge on any atom is 0.490 e. The van der Waals surface area contributed by atoms with Crippen LogP contribution in [0.2, 0.25) is 0 Å². The molecule has 5 N–H and O–H groups in total. The highest BCUT2D eigenvalue weighted by Crippen LogP contribution is 2.33. The van der Waals surface area contributed by atoms with E-state index in [0.29, 0.717) is 40.1 Å². The van der Waals surface area contributed by atoms with E-state index in [-0.39, 0.29) is 5.69 Å². The molecule has 0 saturated carbocycles. The van der Waals surface area contributed by atoms with Gasteiger partial charge in [0.2, 0.25) is 5.89 Å². The highest BCUT2D eigenvalue weighted by Gasteiger charge is 2.38. The molecule has 0 amide bonds. The predicted octanol–water partition coefficient (Wildman–Crippen LogP) is 5.92. The average molecular weight is 602 g/mol.